The molecule has 0 aromatic rings. The van der Waals surface area contributed by atoms with Crippen LogP contribution >= 0.6 is 0 Å². The van der Waals surface area contributed by atoms with Crippen molar-refractivity contribution >= 4 is 5.90 Å². The molecule has 0 unspecified atom stereocenters. The Morgan fingerprint density at radius 1 is 1.50 bits per heavy atom. The zero-order valence-corrected chi connectivity index (χ0v) is 10.7. The van der Waals surface area contributed by atoms with E-state index in [2.05, 4.69) is 25.8 Å². The van der Waals surface area contributed by atoms with Crippen molar-refractivity contribution in [1.29, 1.82) is 0 Å². The molecule has 0 bridgehead atoms. The Balaban J connectivity index is 2.24. The lowest BCUT2D eigenvalue weighted by Crippen LogP contribution is -2.73. The molecule has 0 N–H and O–H groups in total. The predicted molar refractivity (Wildman–Crippen MR) is 61.3 cm³/mol. The van der Waals surface area contributed by atoms with Gasteiger partial charge in [0.15, 0.2) is 11.4 Å². The number of hydrogen-bond donors (Lipinski definition) is 0. The summed E-state index contributed by atoms with van der Waals surface area (Å²) in [5.74, 6) is 0.292. The molecule has 3 atom stereocenters. The van der Waals surface area contributed by atoms with Gasteiger partial charge in [-0.25, -0.2) is 4.99 Å². The predicted octanol–water partition coefficient (Wildman–Crippen LogP) is 2.33. The highest BCUT2D eigenvalue weighted by molar-refractivity contribution is 5.76. The largest absolute Gasteiger partial charge is 0.424 e. The fourth-order valence-corrected chi connectivity index (χ4v) is 2.74. The summed E-state index contributed by atoms with van der Waals surface area (Å²) in [6, 6.07) is 0. The van der Waals surface area contributed by atoms with E-state index in [1.165, 1.54) is 0 Å². The van der Waals surface area contributed by atoms with Gasteiger partial charge in [0.05, 0.1) is 6.10 Å². The molecular weight excluding hydrogens is 206 g/mol. The van der Waals surface area contributed by atoms with Gasteiger partial charge < -0.3 is 14.2 Å². The zero-order chi connectivity index (χ0) is 12.0. The number of hydrogen-bond acceptors (Lipinski definition) is 4. The molecular formula is C12H21NO3. The highest BCUT2D eigenvalue weighted by Crippen LogP contribution is 2.54. The molecule has 2 aliphatic heterocycles. The number of aliphatic imine (C=N–C) groups is 1. The van der Waals surface area contributed by atoms with Gasteiger partial charge in [0.2, 0.25) is 0 Å². The van der Waals surface area contributed by atoms with E-state index in [1.807, 2.05) is 6.92 Å². The lowest BCUT2D eigenvalue weighted by atomic mass is 9.78. The fourth-order valence-electron chi connectivity index (χ4n) is 2.74. The average Bonchev–Trinajstić information content (AvgIpc) is 2.44. The molecule has 1 fully saturated rings. The second-order valence-electron chi connectivity index (χ2n) is 5.01. The van der Waals surface area contributed by atoms with Crippen molar-refractivity contribution in [2.75, 3.05) is 7.11 Å². The van der Waals surface area contributed by atoms with E-state index in [4.69, 9.17) is 14.2 Å². The van der Waals surface area contributed by atoms with Crippen molar-refractivity contribution < 1.29 is 14.2 Å². The number of ether oxygens (including phenoxy) is 3. The molecule has 1 saturated heterocycles. The Hall–Kier alpha value is -0.610. The van der Waals surface area contributed by atoms with E-state index in [1.54, 1.807) is 7.11 Å². The summed E-state index contributed by atoms with van der Waals surface area (Å²) in [6.07, 6.45) is 1.96. The monoisotopic (exact) mass is 227 g/mol. The van der Waals surface area contributed by atoms with Crippen LogP contribution in [-0.4, -0.2) is 30.6 Å². The third-order valence-corrected chi connectivity index (χ3v) is 3.49. The molecule has 0 aromatic heterocycles. The van der Waals surface area contributed by atoms with Gasteiger partial charge in [0.1, 0.15) is 0 Å². The first-order chi connectivity index (χ1) is 7.49. The molecule has 4 heteroatoms. The van der Waals surface area contributed by atoms with Crippen molar-refractivity contribution in [3.05, 3.63) is 0 Å². The van der Waals surface area contributed by atoms with E-state index < -0.39 is 5.97 Å². The van der Waals surface area contributed by atoms with Gasteiger partial charge >= 0.3 is 5.97 Å². The van der Waals surface area contributed by atoms with Crippen LogP contribution < -0.4 is 0 Å². The normalized spacial score (nSPS) is 41.4. The van der Waals surface area contributed by atoms with E-state index >= 15 is 0 Å². The first kappa shape index (κ1) is 11.9. The van der Waals surface area contributed by atoms with Crippen LogP contribution in [0, 0.1) is 5.92 Å². The molecule has 2 rings (SSSR count). The van der Waals surface area contributed by atoms with Gasteiger partial charge in [0, 0.05) is 14.0 Å². The van der Waals surface area contributed by atoms with Crippen LogP contribution in [0.3, 0.4) is 0 Å². The minimum Gasteiger partial charge on any atom is -0.424 e. The maximum absolute atomic E-state index is 5.82. The molecule has 0 saturated carbocycles. The third-order valence-electron chi connectivity index (χ3n) is 3.49. The van der Waals surface area contributed by atoms with Crippen molar-refractivity contribution in [3.63, 3.8) is 0 Å². The molecule has 0 spiro atoms. The van der Waals surface area contributed by atoms with Crippen LogP contribution in [0.15, 0.2) is 4.99 Å². The molecule has 0 aromatic carbocycles. The van der Waals surface area contributed by atoms with Gasteiger partial charge in [-0.05, 0) is 18.8 Å². The van der Waals surface area contributed by atoms with Crippen molar-refractivity contribution in [3.8, 4) is 0 Å². The van der Waals surface area contributed by atoms with Crippen LogP contribution in [0.2, 0.25) is 0 Å². The van der Waals surface area contributed by atoms with Crippen LogP contribution in [-0.2, 0) is 14.2 Å². The zero-order valence-electron chi connectivity index (χ0n) is 10.7. The van der Waals surface area contributed by atoms with Gasteiger partial charge in [0.25, 0.3) is 0 Å². The summed E-state index contributed by atoms with van der Waals surface area (Å²) in [5, 5.41) is 0. The Bertz CT molecular complexity index is 315. The summed E-state index contributed by atoms with van der Waals surface area (Å²) >= 11 is 0. The fraction of sp³-hybridized carbons (Fsp3) is 0.917. The lowest BCUT2D eigenvalue weighted by molar-refractivity contribution is -0.461. The van der Waals surface area contributed by atoms with Crippen molar-refractivity contribution in [2.45, 2.75) is 58.2 Å². The molecule has 0 aliphatic carbocycles. The van der Waals surface area contributed by atoms with Gasteiger partial charge in [-0.1, -0.05) is 20.8 Å². The van der Waals surface area contributed by atoms with Crippen LogP contribution in [0.4, 0.5) is 0 Å². The molecule has 0 radical (unpaired) electrons. The third kappa shape index (κ3) is 1.32. The SMILES string of the molecule is CC[C@@]12N=C(C)O[C@]1(OC)O[C@H]2CC(C)C. The first-order valence-corrected chi connectivity index (χ1v) is 5.98. The maximum Gasteiger partial charge on any atom is 0.357 e. The lowest BCUT2D eigenvalue weighted by Gasteiger charge is -2.54. The van der Waals surface area contributed by atoms with Gasteiger partial charge in [-0.15, -0.1) is 0 Å². The second-order valence-corrected chi connectivity index (χ2v) is 5.01. The number of rotatable bonds is 4. The van der Waals surface area contributed by atoms with Gasteiger partial charge in [-0.3, -0.25) is 0 Å². The van der Waals surface area contributed by atoms with Crippen molar-refractivity contribution in [1.82, 2.24) is 0 Å². The van der Waals surface area contributed by atoms with Crippen LogP contribution in [0.5, 0.6) is 0 Å². The molecule has 2 heterocycles. The Labute approximate surface area is 97.0 Å². The molecule has 92 valence electrons. The molecule has 16 heavy (non-hydrogen) atoms. The number of methoxy groups -OCH3 is 1. The quantitative estimate of drug-likeness (QED) is 0.740. The van der Waals surface area contributed by atoms with E-state index in [-0.39, 0.29) is 11.6 Å². The van der Waals surface area contributed by atoms with E-state index in [0.29, 0.717) is 11.8 Å². The Kier molecular flexibility index (Phi) is 2.75. The smallest absolute Gasteiger partial charge is 0.357 e. The minimum absolute atomic E-state index is 0.106. The summed E-state index contributed by atoms with van der Waals surface area (Å²) in [5.41, 5.74) is -0.337. The minimum atomic E-state index is -0.953. The van der Waals surface area contributed by atoms with Crippen molar-refractivity contribution in [2.24, 2.45) is 10.9 Å². The van der Waals surface area contributed by atoms with Crippen LogP contribution in [0.25, 0.3) is 0 Å². The Morgan fingerprint density at radius 2 is 2.19 bits per heavy atom. The topological polar surface area (TPSA) is 40.0 Å². The Morgan fingerprint density at radius 3 is 2.69 bits per heavy atom. The summed E-state index contributed by atoms with van der Waals surface area (Å²) < 4.78 is 16.8. The highest BCUT2D eigenvalue weighted by atomic mass is 16.9. The molecule has 4 nitrogen and oxygen atoms in total. The standard InChI is InChI=1S/C12H21NO3/c1-6-11-10(7-8(2)3)16-12(11,14-5)15-9(4)13-11/h8,10H,6-7H2,1-5H3/t10-,11-,12-/m0/s1. The second kappa shape index (κ2) is 3.70. The summed E-state index contributed by atoms with van der Waals surface area (Å²) in [4.78, 5) is 4.63. The number of fused-ring (bicyclic) bond motifs is 1. The van der Waals surface area contributed by atoms with E-state index in [0.717, 1.165) is 12.8 Å². The van der Waals surface area contributed by atoms with E-state index in [9.17, 15) is 0 Å². The molecule has 2 aliphatic rings. The highest BCUT2D eigenvalue weighted by Gasteiger charge is 2.73. The summed E-state index contributed by atoms with van der Waals surface area (Å²) in [7, 11) is 1.62. The maximum atomic E-state index is 5.82. The van der Waals surface area contributed by atoms with Crippen LogP contribution in [0.1, 0.15) is 40.5 Å². The molecule has 0 amide bonds. The van der Waals surface area contributed by atoms with Gasteiger partial charge in [-0.2, -0.15) is 0 Å². The first-order valence-electron chi connectivity index (χ1n) is 5.98. The average molecular weight is 227 g/mol. The number of nitrogens with zero attached hydrogens (tertiary/aromatic N) is 1. The summed E-state index contributed by atoms with van der Waals surface area (Å²) in [6.45, 7) is 8.33.